The van der Waals surface area contributed by atoms with Crippen molar-refractivity contribution in [3.63, 3.8) is 0 Å². The van der Waals surface area contributed by atoms with E-state index in [9.17, 15) is 4.11 Å². The van der Waals surface area contributed by atoms with Crippen LogP contribution in [0.3, 0.4) is 0 Å². The first kappa shape index (κ1) is 30.1. The molecule has 0 heterocycles. The van der Waals surface area contributed by atoms with E-state index in [0.29, 0.717) is 0 Å². The van der Waals surface area contributed by atoms with Gasteiger partial charge in [0.1, 0.15) is 0 Å². The van der Waals surface area contributed by atoms with E-state index in [2.05, 4.69) is 58.4 Å². The number of hydrogen-bond acceptors (Lipinski definition) is 0. The average molecular weight is 432 g/mol. The zero-order valence-electron chi connectivity index (χ0n) is 21.3. The topological polar surface area (TPSA) is 0 Å². The predicted molar refractivity (Wildman–Crippen MR) is 135 cm³/mol. The molecule has 0 rings (SSSR count). The second kappa shape index (κ2) is 14.0. The SMILES string of the molecule is CCCC[N+](CCCC)(CCCC)CCCC.C[Si](C)(C)C#C[Si-](C)(C)(C)F. The molecule has 0 saturated heterocycles. The first-order valence-corrected chi connectivity index (χ1v) is 19.4. The van der Waals surface area contributed by atoms with Gasteiger partial charge in [-0.25, -0.2) is 0 Å². The van der Waals surface area contributed by atoms with Gasteiger partial charge in [-0.1, -0.05) is 53.4 Å². The fraction of sp³-hybridized carbons (Fsp3) is 0.917. The van der Waals surface area contributed by atoms with Crippen molar-refractivity contribution in [2.45, 2.75) is 118 Å². The van der Waals surface area contributed by atoms with E-state index in [1.165, 1.54) is 82.0 Å². The van der Waals surface area contributed by atoms with Crippen LogP contribution >= 0.6 is 0 Å². The second-order valence-corrected chi connectivity index (χ2v) is 21.9. The summed E-state index contributed by atoms with van der Waals surface area (Å²) in [6.07, 6.45) is 11.1. The van der Waals surface area contributed by atoms with Crippen molar-refractivity contribution in [1.29, 1.82) is 0 Å². The molecule has 4 heteroatoms. The van der Waals surface area contributed by atoms with Crippen molar-refractivity contribution >= 4 is 15.8 Å². The van der Waals surface area contributed by atoms with Crippen LogP contribution in [0.4, 0.5) is 4.11 Å². The summed E-state index contributed by atoms with van der Waals surface area (Å²) in [4.78, 5) is 0. The summed E-state index contributed by atoms with van der Waals surface area (Å²) in [5.74, 6) is 0. The molecule has 0 aromatic rings. The van der Waals surface area contributed by atoms with E-state index in [-0.39, 0.29) is 0 Å². The van der Waals surface area contributed by atoms with Crippen LogP contribution in [0.2, 0.25) is 39.3 Å². The first-order valence-electron chi connectivity index (χ1n) is 12.0. The number of unbranched alkanes of at least 4 members (excludes halogenated alkanes) is 4. The van der Waals surface area contributed by atoms with Crippen LogP contribution in [0, 0.1) is 11.1 Å². The van der Waals surface area contributed by atoms with Gasteiger partial charge in [0.05, 0.1) is 26.2 Å². The minimum absolute atomic E-state index is 1.35. The summed E-state index contributed by atoms with van der Waals surface area (Å²) < 4.78 is 15.0. The molecule has 0 aromatic heterocycles. The zero-order valence-corrected chi connectivity index (χ0v) is 23.3. The molecule has 0 bridgehead atoms. The molecule has 0 aliphatic heterocycles. The summed E-state index contributed by atoms with van der Waals surface area (Å²) in [5.41, 5.74) is 5.92. The molecule has 0 aromatic carbocycles. The van der Waals surface area contributed by atoms with E-state index in [0.717, 1.165) is 0 Å². The maximum absolute atomic E-state index is 13.6. The fourth-order valence-corrected chi connectivity index (χ4v) is 6.23. The third-order valence-electron chi connectivity index (χ3n) is 4.80. The van der Waals surface area contributed by atoms with Gasteiger partial charge in [-0.3, -0.25) is 0 Å². The Hall–Kier alpha value is -0.116. The van der Waals surface area contributed by atoms with Gasteiger partial charge in [0, 0.05) is 0 Å². The maximum atomic E-state index is 13.6. The Morgan fingerprint density at radius 2 is 0.964 bits per heavy atom. The minimum atomic E-state index is -3.27. The number of nitrogens with zero attached hydrogens (tertiary/aromatic N) is 1. The van der Waals surface area contributed by atoms with Gasteiger partial charge < -0.3 is 4.48 Å². The Labute approximate surface area is 180 Å². The Morgan fingerprint density at radius 3 is 1.11 bits per heavy atom. The van der Waals surface area contributed by atoms with Crippen LogP contribution in [-0.4, -0.2) is 46.4 Å². The van der Waals surface area contributed by atoms with Crippen molar-refractivity contribution in [3.05, 3.63) is 0 Å². The molecule has 170 valence electrons. The number of quaternary nitrogens is 1. The number of halogens is 1. The van der Waals surface area contributed by atoms with Crippen molar-refractivity contribution in [1.82, 2.24) is 0 Å². The fourth-order valence-electron chi connectivity index (χ4n) is 3.04. The standard InChI is InChI=1S/C16H36N.C8H18FSi2/c1-5-9-13-17(14-10-6-2,15-11-7-3)16-12-8-4;1-10(2,3)7-8-11(4,5,6)9/h5-16H2,1-4H3;1-6H3/q+1;-1. The van der Waals surface area contributed by atoms with Gasteiger partial charge in [-0.05, 0) is 25.7 Å². The Kier molecular flexibility index (Phi) is 15.0. The zero-order chi connectivity index (χ0) is 22.3. The quantitative estimate of drug-likeness (QED) is 0.126. The van der Waals surface area contributed by atoms with E-state index in [1.54, 1.807) is 19.6 Å². The Morgan fingerprint density at radius 1 is 0.679 bits per heavy atom. The van der Waals surface area contributed by atoms with Crippen molar-refractivity contribution in [2.75, 3.05) is 26.2 Å². The molecule has 0 saturated carbocycles. The molecule has 0 unspecified atom stereocenters. The van der Waals surface area contributed by atoms with Gasteiger partial charge >= 0.3 is 70.2 Å². The number of hydrogen-bond donors (Lipinski definition) is 0. The predicted octanol–water partition coefficient (Wildman–Crippen LogP) is 8.17. The molecular formula is C24H54FNSi2. The third kappa shape index (κ3) is 20.6. The second-order valence-electron chi connectivity index (χ2n) is 11.1. The van der Waals surface area contributed by atoms with Crippen LogP contribution < -0.4 is 0 Å². The van der Waals surface area contributed by atoms with E-state index in [4.69, 9.17) is 0 Å². The van der Waals surface area contributed by atoms with Crippen LogP contribution in [0.25, 0.3) is 0 Å². The van der Waals surface area contributed by atoms with Gasteiger partial charge in [-0.2, -0.15) is 0 Å². The van der Waals surface area contributed by atoms with Crippen molar-refractivity contribution in [2.24, 2.45) is 0 Å². The molecular weight excluding hydrogens is 377 g/mol. The van der Waals surface area contributed by atoms with E-state index < -0.39 is 15.8 Å². The molecule has 0 aliphatic rings. The summed E-state index contributed by atoms with van der Waals surface area (Å²) in [6.45, 7) is 26.4. The van der Waals surface area contributed by atoms with Gasteiger partial charge in [-0.15, -0.1) is 0 Å². The normalized spacial score (nSPS) is 13.6. The molecule has 28 heavy (non-hydrogen) atoms. The van der Waals surface area contributed by atoms with Crippen LogP contribution in [0.5, 0.6) is 0 Å². The first-order chi connectivity index (χ1) is 12.7. The summed E-state index contributed by atoms with van der Waals surface area (Å²) in [6, 6.07) is 0. The molecule has 0 radical (unpaired) electrons. The van der Waals surface area contributed by atoms with Crippen molar-refractivity contribution < 1.29 is 8.59 Å². The molecule has 0 spiro atoms. The molecule has 0 N–H and O–H groups in total. The average Bonchev–Trinajstić information content (AvgIpc) is 2.58. The Balaban J connectivity index is 0. The van der Waals surface area contributed by atoms with Crippen LogP contribution in [0.15, 0.2) is 0 Å². The molecule has 0 atom stereocenters. The summed E-state index contributed by atoms with van der Waals surface area (Å²) in [5, 5.41) is 0. The van der Waals surface area contributed by atoms with Crippen LogP contribution in [0.1, 0.15) is 79.1 Å². The van der Waals surface area contributed by atoms with E-state index >= 15 is 0 Å². The van der Waals surface area contributed by atoms with Gasteiger partial charge in [0.25, 0.3) is 0 Å². The summed E-state index contributed by atoms with van der Waals surface area (Å²) >= 11 is 0. The monoisotopic (exact) mass is 431 g/mol. The molecule has 0 amide bonds. The molecule has 0 aliphatic carbocycles. The van der Waals surface area contributed by atoms with Crippen molar-refractivity contribution in [3.8, 4) is 11.1 Å². The van der Waals surface area contributed by atoms with E-state index in [1.807, 2.05) is 0 Å². The molecule has 0 fully saturated rings. The number of rotatable bonds is 12. The summed E-state index contributed by atoms with van der Waals surface area (Å²) in [7, 11) is -4.65. The van der Waals surface area contributed by atoms with Crippen LogP contribution in [-0.2, 0) is 0 Å². The van der Waals surface area contributed by atoms with Gasteiger partial charge in [0.2, 0.25) is 0 Å². The molecule has 1 nitrogen and oxygen atoms in total. The van der Waals surface area contributed by atoms with Gasteiger partial charge in [0.15, 0.2) is 0 Å². The Bertz CT molecular complexity index is 402. The third-order valence-corrected chi connectivity index (χ3v) is 6.90.